The summed E-state index contributed by atoms with van der Waals surface area (Å²) in [4.78, 5) is 4.91. The molecule has 0 atom stereocenters. The predicted molar refractivity (Wildman–Crippen MR) is 69.7 cm³/mol. The summed E-state index contributed by atoms with van der Waals surface area (Å²) in [7, 11) is 2.03. The highest BCUT2D eigenvalue weighted by atomic mass is 32.1. The maximum absolute atomic E-state index is 5.41. The molecule has 1 aliphatic carbocycles. The molecule has 3 rings (SSSR count). The van der Waals surface area contributed by atoms with Crippen molar-refractivity contribution in [2.75, 3.05) is 26.8 Å². The highest BCUT2D eigenvalue weighted by Crippen LogP contribution is 2.48. The van der Waals surface area contributed by atoms with Gasteiger partial charge in [0, 0.05) is 36.5 Å². The van der Waals surface area contributed by atoms with E-state index in [1.165, 1.54) is 23.5 Å². The van der Waals surface area contributed by atoms with E-state index in [2.05, 4.69) is 10.7 Å². The number of nitrogens with zero attached hydrogens (tertiary/aromatic N) is 1. The summed E-state index contributed by atoms with van der Waals surface area (Å²) in [6, 6.07) is 0. The van der Waals surface area contributed by atoms with Crippen molar-refractivity contribution in [3.63, 3.8) is 0 Å². The van der Waals surface area contributed by atoms with Crippen molar-refractivity contribution in [2.24, 2.45) is 0 Å². The van der Waals surface area contributed by atoms with Crippen LogP contribution in [-0.2, 0) is 10.2 Å². The molecule has 2 aliphatic rings. The van der Waals surface area contributed by atoms with Crippen LogP contribution in [0.3, 0.4) is 0 Å². The molecule has 0 spiro atoms. The third-order valence-corrected chi connectivity index (χ3v) is 5.01. The summed E-state index contributed by atoms with van der Waals surface area (Å²) in [6.07, 6.45) is 4.88. The van der Waals surface area contributed by atoms with Crippen molar-refractivity contribution in [3.8, 4) is 0 Å². The van der Waals surface area contributed by atoms with Crippen LogP contribution < -0.4 is 5.32 Å². The van der Waals surface area contributed by atoms with E-state index in [0.717, 1.165) is 32.6 Å². The van der Waals surface area contributed by atoms with Crippen LogP contribution >= 0.6 is 11.3 Å². The van der Waals surface area contributed by atoms with Crippen molar-refractivity contribution in [3.05, 3.63) is 16.1 Å². The smallest absolute Gasteiger partial charge is 0.0961 e. The summed E-state index contributed by atoms with van der Waals surface area (Å²) >= 11 is 1.85. The van der Waals surface area contributed by atoms with Crippen LogP contribution in [0.2, 0.25) is 0 Å². The minimum Gasteiger partial charge on any atom is -0.381 e. The first-order valence-corrected chi connectivity index (χ1v) is 7.40. The molecule has 1 aromatic rings. The Hall–Kier alpha value is -0.450. The van der Waals surface area contributed by atoms with Gasteiger partial charge in [0.15, 0.2) is 0 Å². The van der Waals surface area contributed by atoms with Gasteiger partial charge in [-0.3, -0.25) is 0 Å². The Balaban J connectivity index is 1.73. The largest absolute Gasteiger partial charge is 0.381 e. The zero-order valence-corrected chi connectivity index (χ0v) is 11.2. The summed E-state index contributed by atoms with van der Waals surface area (Å²) in [5.41, 5.74) is 1.70. The molecule has 0 bridgehead atoms. The van der Waals surface area contributed by atoms with Crippen molar-refractivity contribution < 1.29 is 4.74 Å². The highest BCUT2D eigenvalue weighted by molar-refractivity contribution is 7.09. The van der Waals surface area contributed by atoms with Gasteiger partial charge in [-0.25, -0.2) is 4.98 Å². The lowest BCUT2D eigenvalue weighted by molar-refractivity contribution is 0.0852. The first-order valence-electron chi connectivity index (χ1n) is 6.52. The van der Waals surface area contributed by atoms with E-state index in [1.807, 2.05) is 18.4 Å². The van der Waals surface area contributed by atoms with Crippen molar-refractivity contribution in [1.29, 1.82) is 0 Å². The van der Waals surface area contributed by atoms with E-state index in [0.29, 0.717) is 11.3 Å². The van der Waals surface area contributed by atoms with Gasteiger partial charge in [0.05, 0.1) is 10.7 Å². The highest BCUT2D eigenvalue weighted by Gasteiger charge is 2.45. The molecule has 3 nitrogen and oxygen atoms in total. The van der Waals surface area contributed by atoms with Crippen LogP contribution in [0.25, 0.3) is 0 Å². The fraction of sp³-hybridized carbons (Fsp3) is 0.769. The third-order valence-electron chi connectivity index (χ3n) is 4.00. The summed E-state index contributed by atoms with van der Waals surface area (Å²) in [5.74, 6) is 0.646. The maximum Gasteiger partial charge on any atom is 0.0961 e. The second kappa shape index (κ2) is 4.67. The molecule has 2 fully saturated rings. The van der Waals surface area contributed by atoms with E-state index in [1.54, 1.807) is 0 Å². The molecule has 1 saturated heterocycles. The number of ether oxygens (including phenoxy) is 1. The van der Waals surface area contributed by atoms with Gasteiger partial charge in [0.25, 0.3) is 0 Å². The van der Waals surface area contributed by atoms with E-state index < -0.39 is 0 Å². The number of hydrogen-bond acceptors (Lipinski definition) is 4. The lowest BCUT2D eigenvalue weighted by atomic mass is 10.0. The van der Waals surface area contributed by atoms with Crippen LogP contribution in [0.4, 0.5) is 0 Å². The van der Waals surface area contributed by atoms with E-state index in [-0.39, 0.29) is 0 Å². The molecule has 4 heteroatoms. The quantitative estimate of drug-likeness (QED) is 0.892. The second-order valence-corrected chi connectivity index (χ2v) is 6.16. The lowest BCUT2D eigenvalue weighted by Crippen LogP contribution is -2.24. The fourth-order valence-corrected chi connectivity index (χ4v) is 3.79. The van der Waals surface area contributed by atoms with Crippen molar-refractivity contribution in [1.82, 2.24) is 10.3 Å². The lowest BCUT2D eigenvalue weighted by Gasteiger charge is -2.19. The minimum absolute atomic E-state index is 0.370. The van der Waals surface area contributed by atoms with Crippen LogP contribution in [-0.4, -0.2) is 31.8 Å². The summed E-state index contributed by atoms with van der Waals surface area (Å²) in [6.45, 7) is 2.88. The van der Waals surface area contributed by atoms with Gasteiger partial charge < -0.3 is 10.1 Å². The topological polar surface area (TPSA) is 34.1 Å². The Morgan fingerprint density at radius 1 is 1.47 bits per heavy atom. The standard InChI is InChI=1S/C13H20N2OS/c1-14-9-13(4-5-13)11-8-17-12(15-11)10-2-6-16-7-3-10/h8,10,14H,2-7,9H2,1H3. The number of rotatable bonds is 4. The van der Waals surface area contributed by atoms with E-state index in [9.17, 15) is 0 Å². The van der Waals surface area contributed by atoms with Gasteiger partial charge in [0.1, 0.15) is 0 Å². The molecule has 1 aromatic heterocycles. The third kappa shape index (κ3) is 2.26. The molecule has 0 amide bonds. The van der Waals surface area contributed by atoms with Gasteiger partial charge in [-0.2, -0.15) is 0 Å². The van der Waals surface area contributed by atoms with Gasteiger partial charge in [-0.05, 0) is 32.7 Å². The zero-order chi connectivity index (χ0) is 11.7. The summed E-state index contributed by atoms with van der Waals surface area (Å²) in [5, 5.41) is 6.93. The maximum atomic E-state index is 5.41. The number of nitrogens with one attached hydrogen (secondary N) is 1. The van der Waals surface area contributed by atoms with Gasteiger partial charge in [-0.15, -0.1) is 11.3 Å². The molecule has 2 heterocycles. The minimum atomic E-state index is 0.370. The Labute approximate surface area is 107 Å². The van der Waals surface area contributed by atoms with Gasteiger partial charge in [-0.1, -0.05) is 0 Å². The number of aromatic nitrogens is 1. The molecule has 0 radical (unpaired) electrons. The second-order valence-electron chi connectivity index (χ2n) is 5.27. The Morgan fingerprint density at radius 3 is 2.88 bits per heavy atom. The van der Waals surface area contributed by atoms with E-state index in [4.69, 9.17) is 9.72 Å². The van der Waals surface area contributed by atoms with Gasteiger partial charge in [0.2, 0.25) is 0 Å². The first kappa shape index (κ1) is 11.6. The fourth-order valence-electron chi connectivity index (χ4n) is 2.68. The Kier molecular flexibility index (Phi) is 3.19. The Morgan fingerprint density at radius 2 is 2.24 bits per heavy atom. The molecule has 0 unspecified atom stereocenters. The molecular weight excluding hydrogens is 232 g/mol. The first-order chi connectivity index (χ1) is 8.34. The average Bonchev–Trinajstić information content (AvgIpc) is 2.98. The molecule has 0 aromatic carbocycles. The summed E-state index contributed by atoms with van der Waals surface area (Å²) < 4.78 is 5.41. The van der Waals surface area contributed by atoms with Gasteiger partial charge >= 0.3 is 0 Å². The van der Waals surface area contributed by atoms with E-state index >= 15 is 0 Å². The SMILES string of the molecule is CNCC1(c2csc(C3CCOCC3)n2)CC1. The zero-order valence-electron chi connectivity index (χ0n) is 10.4. The van der Waals surface area contributed by atoms with Crippen LogP contribution in [0.5, 0.6) is 0 Å². The molecular formula is C13H20N2OS. The van der Waals surface area contributed by atoms with Crippen LogP contribution in [0.15, 0.2) is 5.38 Å². The normalized spacial score (nSPS) is 23.8. The van der Waals surface area contributed by atoms with Crippen LogP contribution in [0, 0.1) is 0 Å². The number of hydrogen-bond donors (Lipinski definition) is 1. The van der Waals surface area contributed by atoms with Crippen molar-refractivity contribution >= 4 is 11.3 Å². The molecule has 94 valence electrons. The Bertz CT molecular complexity index is 381. The van der Waals surface area contributed by atoms with Crippen LogP contribution in [0.1, 0.15) is 42.3 Å². The van der Waals surface area contributed by atoms with Crippen molar-refractivity contribution in [2.45, 2.75) is 37.0 Å². The average molecular weight is 252 g/mol. The predicted octanol–water partition coefficient (Wildman–Crippen LogP) is 2.29. The molecule has 17 heavy (non-hydrogen) atoms. The molecule has 1 aliphatic heterocycles. The number of likely N-dealkylation sites (N-methyl/N-ethyl adjacent to an activating group) is 1. The molecule has 1 N–H and O–H groups in total. The number of thiazole rings is 1. The molecule has 1 saturated carbocycles. The monoisotopic (exact) mass is 252 g/mol.